The molecule has 37 heavy (non-hydrogen) atoms. The van der Waals surface area contributed by atoms with E-state index in [1.54, 1.807) is 12.1 Å². The van der Waals surface area contributed by atoms with Gasteiger partial charge in [0.15, 0.2) is 23.1 Å². The molecule has 202 valence electrons. The molecule has 0 radical (unpaired) electrons. The van der Waals surface area contributed by atoms with Crippen molar-refractivity contribution >= 4 is 17.5 Å². The molecular weight excluding hydrogens is 483 g/mol. The molecule has 7 nitrogen and oxygen atoms in total. The number of hydrogen-bond acceptors (Lipinski definition) is 7. The van der Waals surface area contributed by atoms with E-state index in [0.29, 0.717) is 11.7 Å². The van der Waals surface area contributed by atoms with Crippen LogP contribution in [-0.4, -0.2) is 51.8 Å². The summed E-state index contributed by atoms with van der Waals surface area (Å²) in [5.41, 5.74) is 0.467. The molecule has 3 aliphatic rings. The fourth-order valence-electron chi connectivity index (χ4n) is 6.20. The van der Waals surface area contributed by atoms with Gasteiger partial charge in [0.25, 0.3) is 0 Å². The first-order valence-corrected chi connectivity index (χ1v) is 13.4. The van der Waals surface area contributed by atoms with Gasteiger partial charge >= 0.3 is 6.61 Å². The predicted octanol–water partition coefficient (Wildman–Crippen LogP) is 6.49. The van der Waals surface area contributed by atoms with Crippen molar-refractivity contribution in [2.45, 2.75) is 102 Å². The summed E-state index contributed by atoms with van der Waals surface area (Å²) in [4.78, 5) is 11.0. The Labute approximate surface area is 216 Å². The first kappa shape index (κ1) is 25.9. The second kappa shape index (κ2) is 10.9. The topological polar surface area (TPSA) is 71.5 Å². The second-order valence-corrected chi connectivity index (χ2v) is 11.0. The van der Waals surface area contributed by atoms with Gasteiger partial charge in [-0.3, -0.25) is 4.90 Å². The SMILES string of the molecule is CC1(C)C[C@H](Nc2nc(Nc3ccc(OC4CCCCC4)c(OC(F)F)c3)ncc2F)C[C@@H]2CCCN21. The van der Waals surface area contributed by atoms with E-state index < -0.39 is 12.4 Å². The highest BCUT2D eigenvalue weighted by molar-refractivity contribution is 5.60. The normalized spacial score (nSPS) is 24.1. The Hall–Kier alpha value is -2.75. The van der Waals surface area contributed by atoms with Crippen LogP contribution < -0.4 is 20.1 Å². The molecule has 10 heteroatoms. The number of benzene rings is 1. The molecule has 2 N–H and O–H groups in total. The maximum absolute atomic E-state index is 14.7. The van der Waals surface area contributed by atoms with E-state index in [1.165, 1.54) is 12.5 Å². The molecule has 2 aromatic rings. The first-order valence-electron chi connectivity index (χ1n) is 13.4. The van der Waals surface area contributed by atoms with Crippen molar-refractivity contribution in [2.24, 2.45) is 0 Å². The lowest BCUT2D eigenvalue weighted by Gasteiger charge is -2.47. The highest BCUT2D eigenvalue weighted by atomic mass is 19.3. The Bertz CT molecular complexity index is 1080. The van der Waals surface area contributed by atoms with E-state index >= 15 is 0 Å². The molecule has 1 aromatic carbocycles. The molecule has 1 aliphatic carbocycles. The van der Waals surface area contributed by atoms with Crippen molar-refractivity contribution < 1.29 is 22.6 Å². The van der Waals surface area contributed by atoms with Gasteiger partial charge in [0.2, 0.25) is 5.95 Å². The minimum absolute atomic E-state index is 0.0114. The Kier molecular flexibility index (Phi) is 7.65. The summed E-state index contributed by atoms with van der Waals surface area (Å²) in [6.07, 6.45) is 10.3. The number of aromatic nitrogens is 2. The zero-order valence-electron chi connectivity index (χ0n) is 21.5. The van der Waals surface area contributed by atoms with E-state index in [4.69, 9.17) is 9.47 Å². The Morgan fingerprint density at radius 3 is 2.68 bits per heavy atom. The fourth-order valence-corrected chi connectivity index (χ4v) is 6.20. The average Bonchev–Trinajstić information content (AvgIpc) is 3.33. The van der Waals surface area contributed by atoms with Crippen LogP contribution >= 0.6 is 0 Å². The standard InChI is InChI=1S/C27H36F3N5O2/c1-27(2)15-18(13-19-7-6-12-35(19)27)32-24-21(28)16-31-26(34-24)33-17-10-11-22(23(14-17)37-25(29)30)36-20-8-4-3-5-9-20/h10-11,14,16,18-20,25H,3-9,12-13,15H2,1-2H3,(H2,31,32,33,34)/t18-,19+/m1/s1. The minimum atomic E-state index is -2.99. The lowest BCUT2D eigenvalue weighted by atomic mass is 9.84. The number of anilines is 3. The van der Waals surface area contributed by atoms with Gasteiger partial charge in [-0.15, -0.1) is 0 Å². The predicted molar refractivity (Wildman–Crippen MR) is 136 cm³/mol. The molecular formula is C27H36F3N5O2. The smallest absolute Gasteiger partial charge is 0.387 e. The van der Waals surface area contributed by atoms with Crippen LogP contribution in [0.5, 0.6) is 11.5 Å². The number of nitrogens with zero attached hydrogens (tertiary/aromatic N) is 3. The summed E-state index contributed by atoms with van der Waals surface area (Å²) in [6, 6.07) is 5.31. The highest BCUT2D eigenvalue weighted by Crippen LogP contribution is 2.39. The van der Waals surface area contributed by atoms with Gasteiger partial charge in [0, 0.05) is 29.4 Å². The monoisotopic (exact) mass is 519 g/mol. The van der Waals surface area contributed by atoms with Gasteiger partial charge in [-0.2, -0.15) is 13.8 Å². The van der Waals surface area contributed by atoms with Gasteiger partial charge in [0.05, 0.1) is 12.3 Å². The Morgan fingerprint density at radius 2 is 1.89 bits per heavy atom. The van der Waals surface area contributed by atoms with Crippen LogP contribution in [0.2, 0.25) is 0 Å². The number of alkyl halides is 2. The van der Waals surface area contributed by atoms with Crippen LogP contribution in [-0.2, 0) is 0 Å². The first-order chi connectivity index (χ1) is 17.8. The molecule has 2 aliphatic heterocycles. The maximum atomic E-state index is 14.7. The minimum Gasteiger partial charge on any atom is -0.487 e. The second-order valence-electron chi connectivity index (χ2n) is 11.0. The van der Waals surface area contributed by atoms with Crippen molar-refractivity contribution in [3.63, 3.8) is 0 Å². The molecule has 0 unspecified atom stereocenters. The van der Waals surface area contributed by atoms with Gasteiger partial charge < -0.3 is 20.1 Å². The molecule has 1 aromatic heterocycles. The van der Waals surface area contributed by atoms with Crippen LogP contribution in [0.15, 0.2) is 24.4 Å². The van der Waals surface area contributed by atoms with Crippen LogP contribution in [0, 0.1) is 5.82 Å². The fraction of sp³-hybridized carbons (Fsp3) is 0.630. The molecule has 0 amide bonds. The molecule has 0 bridgehead atoms. The molecule has 2 saturated heterocycles. The van der Waals surface area contributed by atoms with Crippen molar-refractivity contribution in [1.29, 1.82) is 0 Å². The van der Waals surface area contributed by atoms with Crippen LogP contribution in [0.1, 0.15) is 71.6 Å². The highest BCUT2D eigenvalue weighted by Gasteiger charge is 2.43. The number of fused-ring (bicyclic) bond motifs is 1. The zero-order chi connectivity index (χ0) is 26.0. The summed E-state index contributed by atoms with van der Waals surface area (Å²) in [5.74, 6) is -0.0239. The van der Waals surface area contributed by atoms with Gasteiger partial charge in [-0.05, 0) is 83.9 Å². The molecule has 3 heterocycles. The van der Waals surface area contributed by atoms with Crippen LogP contribution in [0.25, 0.3) is 0 Å². The largest absolute Gasteiger partial charge is 0.487 e. The van der Waals surface area contributed by atoms with E-state index in [-0.39, 0.29) is 40.9 Å². The van der Waals surface area contributed by atoms with E-state index in [1.807, 2.05) is 0 Å². The van der Waals surface area contributed by atoms with Crippen molar-refractivity contribution in [3.05, 3.63) is 30.2 Å². The third kappa shape index (κ3) is 6.22. The van der Waals surface area contributed by atoms with Crippen LogP contribution in [0.3, 0.4) is 0 Å². The van der Waals surface area contributed by atoms with Gasteiger partial charge in [-0.1, -0.05) is 6.42 Å². The van der Waals surface area contributed by atoms with Crippen molar-refractivity contribution in [2.75, 3.05) is 17.2 Å². The number of halogens is 3. The number of hydrogen-bond donors (Lipinski definition) is 2. The molecule has 3 fully saturated rings. The number of rotatable bonds is 8. The molecule has 5 rings (SSSR count). The van der Waals surface area contributed by atoms with E-state index in [9.17, 15) is 13.2 Å². The number of nitrogens with one attached hydrogen (secondary N) is 2. The molecule has 0 spiro atoms. The molecule has 2 atom stereocenters. The maximum Gasteiger partial charge on any atom is 0.387 e. The summed E-state index contributed by atoms with van der Waals surface area (Å²) in [5, 5.41) is 6.29. The van der Waals surface area contributed by atoms with Crippen molar-refractivity contribution in [3.8, 4) is 11.5 Å². The third-order valence-corrected chi connectivity index (χ3v) is 7.80. The average molecular weight is 520 g/mol. The lowest BCUT2D eigenvalue weighted by Crippen LogP contribution is -2.55. The summed E-state index contributed by atoms with van der Waals surface area (Å²) < 4.78 is 51.6. The third-order valence-electron chi connectivity index (χ3n) is 7.80. The lowest BCUT2D eigenvalue weighted by molar-refractivity contribution is -0.0522. The summed E-state index contributed by atoms with van der Waals surface area (Å²) in [6.45, 7) is 2.60. The van der Waals surface area contributed by atoms with Crippen molar-refractivity contribution in [1.82, 2.24) is 14.9 Å². The quantitative estimate of drug-likeness (QED) is 0.413. The zero-order valence-corrected chi connectivity index (χ0v) is 21.5. The number of ether oxygens (including phenoxy) is 2. The van der Waals surface area contributed by atoms with E-state index in [2.05, 4.69) is 39.3 Å². The number of piperidine rings is 1. The summed E-state index contributed by atoms with van der Waals surface area (Å²) in [7, 11) is 0. The summed E-state index contributed by atoms with van der Waals surface area (Å²) >= 11 is 0. The Morgan fingerprint density at radius 1 is 1.08 bits per heavy atom. The Balaban J connectivity index is 1.30. The van der Waals surface area contributed by atoms with Crippen LogP contribution in [0.4, 0.5) is 30.6 Å². The van der Waals surface area contributed by atoms with Gasteiger partial charge in [-0.25, -0.2) is 9.37 Å². The molecule has 1 saturated carbocycles. The van der Waals surface area contributed by atoms with E-state index in [0.717, 1.165) is 64.1 Å². The van der Waals surface area contributed by atoms with Gasteiger partial charge in [0.1, 0.15) is 0 Å².